The second-order valence-corrected chi connectivity index (χ2v) is 7.13. The van der Waals surface area contributed by atoms with Crippen LogP contribution in [0.2, 0.25) is 5.02 Å². The Bertz CT molecular complexity index is 858. The van der Waals surface area contributed by atoms with Gasteiger partial charge >= 0.3 is 0 Å². The van der Waals surface area contributed by atoms with Crippen molar-refractivity contribution in [1.29, 1.82) is 0 Å². The molecular formula is C14H13ClN2O4S. The molecule has 8 heteroatoms. The molecule has 0 fully saturated rings. The van der Waals surface area contributed by atoms with Gasteiger partial charge in [0.15, 0.2) is 0 Å². The van der Waals surface area contributed by atoms with Crippen molar-refractivity contribution in [3.63, 3.8) is 0 Å². The van der Waals surface area contributed by atoms with Gasteiger partial charge in [0, 0.05) is 13.2 Å². The molecule has 22 heavy (non-hydrogen) atoms. The number of fused-ring (bicyclic) bond motifs is 1. The number of rotatable bonds is 3. The van der Waals surface area contributed by atoms with Crippen LogP contribution < -0.4 is 4.72 Å². The Morgan fingerprint density at radius 1 is 1.27 bits per heavy atom. The highest BCUT2D eigenvalue weighted by molar-refractivity contribution is 7.90. The second kappa shape index (κ2) is 5.42. The SMILES string of the molecule is Cn1cc(Cl)cc1C(=O)NS(=O)(=O)c1ccc2c(c1)COC2. The fraction of sp³-hybridized carbons (Fsp3) is 0.214. The first-order chi connectivity index (χ1) is 10.4. The predicted molar refractivity (Wildman–Crippen MR) is 80.0 cm³/mol. The average Bonchev–Trinajstić information content (AvgIpc) is 3.03. The zero-order valence-electron chi connectivity index (χ0n) is 11.7. The quantitative estimate of drug-likeness (QED) is 0.924. The van der Waals surface area contributed by atoms with Crippen LogP contribution in [0.25, 0.3) is 0 Å². The maximum absolute atomic E-state index is 12.3. The minimum Gasteiger partial charge on any atom is -0.372 e. The number of hydrogen-bond acceptors (Lipinski definition) is 4. The molecule has 1 N–H and O–H groups in total. The minimum atomic E-state index is -3.95. The van der Waals surface area contributed by atoms with E-state index >= 15 is 0 Å². The predicted octanol–water partition coefficient (Wildman–Crippen LogP) is 1.83. The number of carbonyl (C=O) groups excluding carboxylic acids is 1. The first kappa shape index (κ1) is 15.1. The lowest BCUT2D eigenvalue weighted by Crippen LogP contribution is -2.31. The van der Waals surface area contributed by atoms with Gasteiger partial charge in [-0.3, -0.25) is 4.79 Å². The third-order valence-electron chi connectivity index (χ3n) is 3.43. The first-order valence-corrected chi connectivity index (χ1v) is 8.31. The monoisotopic (exact) mass is 340 g/mol. The van der Waals surface area contributed by atoms with Crippen LogP contribution in [0.15, 0.2) is 35.4 Å². The van der Waals surface area contributed by atoms with Crippen LogP contribution in [-0.4, -0.2) is 18.9 Å². The summed E-state index contributed by atoms with van der Waals surface area (Å²) in [6.45, 7) is 0.851. The molecule has 0 atom stereocenters. The molecule has 0 radical (unpaired) electrons. The van der Waals surface area contributed by atoms with Gasteiger partial charge in [-0.15, -0.1) is 0 Å². The third-order valence-corrected chi connectivity index (χ3v) is 4.97. The van der Waals surface area contributed by atoms with Gasteiger partial charge in [0.1, 0.15) is 5.69 Å². The number of amides is 1. The van der Waals surface area contributed by atoms with E-state index in [-0.39, 0.29) is 10.6 Å². The Balaban J connectivity index is 1.87. The molecule has 0 spiro atoms. The van der Waals surface area contributed by atoms with Gasteiger partial charge < -0.3 is 9.30 Å². The van der Waals surface area contributed by atoms with E-state index in [4.69, 9.17) is 16.3 Å². The number of carbonyl (C=O) groups is 1. The van der Waals surface area contributed by atoms with Gasteiger partial charge in [-0.25, -0.2) is 13.1 Å². The van der Waals surface area contributed by atoms with Crippen LogP contribution in [-0.2, 0) is 35.0 Å². The topological polar surface area (TPSA) is 77.4 Å². The molecule has 0 unspecified atom stereocenters. The van der Waals surface area contributed by atoms with Crippen LogP contribution >= 0.6 is 11.6 Å². The Morgan fingerprint density at radius 3 is 2.68 bits per heavy atom. The van der Waals surface area contributed by atoms with Crippen molar-refractivity contribution in [2.45, 2.75) is 18.1 Å². The van der Waals surface area contributed by atoms with Crippen LogP contribution in [0, 0.1) is 0 Å². The largest absolute Gasteiger partial charge is 0.372 e. The van der Waals surface area contributed by atoms with E-state index in [9.17, 15) is 13.2 Å². The van der Waals surface area contributed by atoms with Crippen molar-refractivity contribution >= 4 is 27.5 Å². The number of hydrogen-bond donors (Lipinski definition) is 1. The molecule has 1 amide bonds. The maximum atomic E-state index is 12.3. The minimum absolute atomic E-state index is 0.0328. The standard InChI is InChI=1S/C14H13ClN2O4S/c1-17-6-11(15)5-13(17)14(18)16-22(19,20)12-3-2-9-7-21-8-10(9)4-12/h2-6H,7-8H2,1H3,(H,16,18). The normalized spacial score (nSPS) is 13.9. The summed E-state index contributed by atoms with van der Waals surface area (Å²) in [6.07, 6.45) is 1.52. The van der Waals surface area contributed by atoms with Crippen LogP contribution in [0.4, 0.5) is 0 Å². The molecule has 116 valence electrons. The lowest BCUT2D eigenvalue weighted by atomic mass is 10.1. The number of aryl methyl sites for hydroxylation is 1. The molecule has 0 bridgehead atoms. The Kier molecular flexibility index (Phi) is 3.72. The van der Waals surface area contributed by atoms with Gasteiger partial charge in [0.05, 0.1) is 23.1 Å². The number of halogens is 1. The molecule has 1 aliphatic heterocycles. The highest BCUT2D eigenvalue weighted by atomic mass is 35.5. The number of nitrogens with zero attached hydrogens (tertiary/aromatic N) is 1. The summed E-state index contributed by atoms with van der Waals surface area (Å²) in [5.41, 5.74) is 1.94. The molecule has 0 aliphatic carbocycles. The molecule has 0 saturated carbocycles. The zero-order valence-corrected chi connectivity index (χ0v) is 13.2. The summed E-state index contributed by atoms with van der Waals surface area (Å²) in [7, 11) is -2.34. The van der Waals surface area contributed by atoms with Crippen LogP contribution in [0.3, 0.4) is 0 Å². The summed E-state index contributed by atoms with van der Waals surface area (Å²) < 4.78 is 33.4. The van der Waals surface area contributed by atoms with Gasteiger partial charge in [-0.05, 0) is 29.3 Å². The van der Waals surface area contributed by atoms with Gasteiger partial charge in [-0.2, -0.15) is 0 Å². The second-order valence-electron chi connectivity index (χ2n) is 5.01. The zero-order chi connectivity index (χ0) is 15.9. The van der Waals surface area contributed by atoms with E-state index < -0.39 is 15.9 Å². The number of aromatic nitrogens is 1. The van der Waals surface area contributed by atoms with Crippen LogP contribution in [0.1, 0.15) is 21.6 Å². The molecule has 1 aliphatic rings. The smallest absolute Gasteiger partial charge is 0.281 e. The molecule has 2 heterocycles. The van der Waals surface area contributed by atoms with Gasteiger partial charge in [0.25, 0.3) is 15.9 Å². The van der Waals surface area contributed by atoms with E-state index in [0.29, 0.717) is 18.2 Å². The van der Waals surface area contributed by atoms with E-state index in [0.717, 1.165) is 11.1 Å². The van der Waals surface area contributed by atoms with E-state index in [1.807, 2.05) is 4.72 Å². The number of ether oxygens (including phenoxy) is 1. The summed E-state index contributed by atoms with van der Waals surface area (Å²) in [5, 5.41) is 0.361. The van der Waals surface area contributed by atoms with E-state index in [2.05, 4.69) is 0 Å². The number of nitrogens with one attached hydrogen (secondary N) is 1. The van der Waals surface area contributed by atoms with Gasteiger partial charge in [0.2, 0.25) is 0 Å². The molecule has 3 rings (SSSR count). The van der Waals surface area contributed by atoms with Gasteiger partial charge in [-0.1, -0.05) is 17.7 Å². The lowest BCUT2D eigenvalue weighted by molar-refractivity contribution is 0.0973. The van der Waals surface area contributed by atoms with Crippen molar-refractivity contribution in [3.05, 3.63) is 52.3 Å². The highest BCUT2D eigenvalue weighted by Crippen LogP contribution is 2.23. The Hall–Kier alpha value is -1.83. The van der Waals surface area contributed by atoms with E-state index in [1.54, 1.807) is 13.1 Å². The van der Waals surface area contributed by atoms with Crippen molar-refractivity contribution in [2.75, 3.05) is 0 Å². The third kappa shape index (κ3) is 2.75. The molecule has 1 aromatic carbocycles. The number of benzene rings is 1. The summed E-state index contributed by atoms with van der Waals surface area (Å²) in [4.78, 5) is 12.1. The highest BCUT2D eigenvalue weighted by Gasteiger charge is 2.23. The average molecular weight is 341 g/mol. The lowest BCUT2D eigenvalue weighted by Gasteiger charge is -2.08. The summed E-state index contributed by atoms with van der Waals surface area (Å²) in [5.74, 6) is -0.730. The van der Waals surface area contributed by atoms with Crippen molar-refractivity contribution < 1.29 is 17.9 Å². The van der Waals surface area contributed by atoms with Crippen LogP contribution in [0.5, 0.6) is 0 Å². The molecule has 6 nitrogen and oxygen atoms in total. The number of sulfonamides is 1. The van der Waals surface area contributed by atoms with Crippen molar-refractivity contribution in [1.82, 2.24) is 9.29 Å². The van der Waals surface area contributed by atoms with Crippen molar-refractivity contribution in [2.24, 2.45) is 7.05 Å². The van der Waals surface area contributed by atoms with Crippen molar-refractivity contribution in [3.8, 4) is 0 Å². The Morgan fingerprint density at radius 2 is 2.00 bits per heavy atom. The fourth-order valence-corrected chi connectivity index (χ4v) is 3.56. The molecule has 2 aromatic rings. The molecule has 0 saturated heterocycles. The molecule has 1 aromatic heterocycles. The summed E-state index contributed by atoms with van der Waals surface area (Å²) >= 11 is 5.80. The Labute approximate surface area is 132 Å². The first-order valence-electron chi connectivity index (χ1n) is 6.45. The maximum Gasteiger partial charge on any atom is 0.281 e. The molecular weight excluding hydrogens is 328 g/mol. The van der Waals surface area contributed by atoms with E-state index in [1.165, 1.54) is 29.0 Å². The fourth-order valence-electron chi connectivity index (χ4n) is 2.30. The summed E-state index contributed by atoms with van der Waals surface area (Å²) in [6, 6.07) is 6.08.